The molecule has 0 atom stereocenters. The lowest BCUT2D eigenvalue weighted by molar-refractivity contribution is 0.0697. The summed E-state index contributed by atoms with van der Waals surface area (Å²) in [6.07, 6.45) is 0.579. The van der Waals surface area contributed by atoms with Gasteiger partial charge in [-0.3, -0.25) is 9.59 Å². The van der Waals surface area contributed by atoms with Crippen molar-refractivity contribution in [3.05, 3.63) is 47.0 Å². The number of nitrogens with one attached hydrogen (secondary N) is 1. The molecule has 0 aliphatic carbocycles. The normalized spacial score (nSPS) is 12.0. The largest absolute Gasteiger partial charge is 0.478 e. The van der Waals surface area contributed by atoms with Crippen LogP contribution in [-0.2, 0) is 0 Å². The SMILES string of the molecule is CN1c2cc(C=O)cc(C(=O)O)c2Nc2cccc(C(N)=O)c21. The average molecular weight is 311 g/mol. The third-order valence-corrected chi connectivity index (χ3v) is 3.76. The summed E-state index contributed by atoms with van der Waals surface area (Å²) < 4.78 is 0. The van der Waals surface area contributed by atoms with Crippen molar-refractivity contribution in [1.82, 2.24) is 0 Å². The van der Waals surface area contributed by atoms with Gasteiger partial charge in [-0.05, 0) is 24.3 Å². The van der Waals surface area contributed by atoms with Crippen molar-refractivity contribution in [2.45, 2.75) is 0 Å². The number of carboxylic acids is 1. The lowest BCUT2D eigenvalue weighted by Crippen LogP contribution is -2.24. The van der Waals surface area contributed by atoms with Crippen molar-refractivity contribution < 1.29 is 19.5 Å². The summed E-state index contributed by atoms with van der Waals surface area (Å²) >= 11 is 0. The molecule has 0 saturated carbocycles. The highest BCUT2D eigenvalue weighted by molar-refractivity contribution is 6.10. The van der Waals surface area contributed by atoms with Crippen LogP contribution in [0.2, 0.25) is 0 Å². The predicted molar refractivity (Wildman–Crippen MR) is 85.1 cm³/mol. The summed E-state index contributed by atoms with van der Waals surface area (Å²) in [4.78, 5) is 35.9. The summed E-state index contributed by atoms with van der Waals surface area (Å²) in [6, 6.07) is 7.83. The number of hydrogen-bond acceptors (Lipinski definition) is 5. The van der Waals surface area contributed by atoms with Crippen LogP contribution in [-0.4, -0.2) is 30.3 Å². The molecule has 1 amide bonds. The highest BCUT2D eigenvalue weighted by Gasteiger charge is 2.28. The van der Waals surface area contributed by atoms with Crippen molar-refractivity contribution in [2.75, 3.05) is 17.3 Å². The quantitative estimate of drug-likeness (QED) is 0.748. The molecule has 0 bridgehead atoms. The summed E-state index contributed by atoms with van der Waals surface area (Å²) in [6.45, 7) is 0. The molecule has 0 unspecified atom stereocenters. The molecular formula is C16H13N3O4. The van der Waals surface area contributed by atoms with Crippen LogP contribution in [0.25, 0.3) is 0 Å². The summed E-state index contributed by atoms with van der Waals surface area (Å²) in [5.74, 6) is -1.75. The molecule has 1 aliphatic heterocycles. The van der Waals surface area contributed by atoms with Gasteiger partial charge in [0.05, 0.1) is 33.9 Å². The first-order chi connectivity index (χ1) is 10.9. The Morgan fingerprint density at radius 2 is 2.00 bits per heavy atom. The number of amides is 1. The minimum atomic E-state index is -1.15. The molecule has 2 aromatic carbocycles. The van der Waals surface area contributed by atoms with E-state index in [2.05, 4.69) is 5.32 Å². The Morgan fingerprint density at radius 1 is 1.26 bits per heavy atom. The monoisotopic (exact) mass is 311 g/mol. The number of rotatable bonds is 3. The number of carbonyl (C=O) groups excluding carboxylic acids is 2. The average Bonchev–Trinajstić information content (AvgIpc) is 2.53. The number of benzene rings is 2. The third-order valence-electron chi connectivity index (χ3n) is 3.76. The molecule has 4 N–H and O–H groups in total. The van der Waals surface area contributed by atoms with Gasteiger partial charge >= 0.3 is 5.97 Å². The molecular weight excluding hydrogens is 298 g/mol. The number of anilines is 4. The maximum absolute atomic E-state index is 11.6. The fourth-order valence-electron chi connectivity index (χ4n) is 2.74. The van der Waals surface area contributed by atoms with Crippen LogP contribution >= 0.6 is 0 Å². The second kappa shape index (κ2) is 5.13. The minimum Gasteiger partial charge on any atom is -0.478 e. The van der Waals surface area contributed by atoms with E-state index in [1.165, 1.54) is 6.07 Å². The van der Waals surface area contributed by atoms with E-state index in [1.807, 2.05) is 0 Å². The molecule has 0 fully saturated rings. The number of hydrogen-bond donors (Lipinski definition) is 3. The molecule has 7 nitrogen and oxygen atoms in total. The van der Waals surface area contributed by atoms with Crippen molar-refractivity contribution in [3.8, 4) is 0 Å². The maximum atomic E-state index is 11.6. The number of aldehydes is 1. The van der Waals surface area contributed by atoms with E-state index < -0.39 is 11.9 Å². The number of aromatic carboxylic acids is 1. The van der Waals surface area contributed by atoms with Gasteiger partial charge < -0.3 is 21.1 Å². The van der Waals surface area contributed by atoms with E-state index in [-0.39, 0.29) is 11.1 Å². The number of primary amides is 1. The van der Waals surface area contributed by atoms with Crippen molar-refractivity contribution in [3.63, 3.8) is 0 Å². The van der Waals surface area contributed by atoms with Gasteiger partial charge in [-0.2, -0.15) is 0 Å². The smallest absolute Gasteiger partial charge is 0.337 e. The number of para-hydroxylation sites is 1. The van der Waals surface area contributed by atoms with Crippen LogP contribution in [0.4, 0.5) is 22.7 Å². The van der Waals surface area contributed by atoms with E-state index in [9.17, 15) is 19.5 Å². The molecule has 0 spiro atoms. The number of carboxylic acid groups (broad SMARTS) is 1. The van der Waals surface area contributed by atoms with E-state index in [1.54, 1.807) is 36.2 Å². The van der Waals surface area contributed by atoms with Crippen LogP contribution in [0, 0.1) is 0 Å². The van der Waals surface area contributed by atoms with Crippen LogP contribution < -0.4 is 16.0 Å². The predicted octanol–water partition coefficient (Wildman–Crippen LogP) is 2.12. The number of carbonyl (C=O) groups is 3. The number of fused-ring (bicyclic) bond motifs is 2. The molecule has 23 heavy (non-hydrogen) atoms. The Bertz CT molecular complexity index is 861. The Hall–Kier alpha value is -3.35. The zero-order valence-electron chi connectivity index (χ0n) is 12.2. The van der Waals surface area contributed by atoms with E-state index >= 15 is 0 Å². The van der Waals surface area contributed by atoms with Gasteiger partial charge in [-0.1, -0.05) is 6.07 Å². The molecule has 0 saturated heterocycles. The number of nitrogens with two attached hydrogens (primary N) is 1. The highest BCUT2D eigenvalue weighted by atomic mass is 16.4. The van der Waals surface area contributed by atoms with Gasteiger partial charge in [0, 0.05) is 12.6 Å². The molecule has 1 aliphatic rings. The molecule has 0 radical (unpaired) electrons. The zero-order valence-corrected chi connectivity index (χ0v) is 12.2. The molecule has 3 rings (SSSR count). The van der Waals surface area contributed by atoms with E-state index in [4.69, 9.17) is 5.73 Å². The first-order valence-electron chi connectivity index (χ1n) is 6.74. The van der Waals surface area contributed by atoms with Gasteiger partial charge in [0.15, 0.2) is 0 Å². The van der Waals surface area contributed by atoms with Crippen molar-refractivity contribution in [1.29, 1.82) is 0 Å². The minimum absolute atomic E-state index is 0.0217. The lowest BCUT2D eigenvalue weighted by Gasteiger charge is -2.33. The first kappa shape index (κ1) is 14.6. The molecule has 7 heteroatoms. The Labute approximate surface area is 131 Å². The Kier molecular flexibility index (Phi) is 3.25. The molecule has 0 aromatic heterocycles. The Balaban J connectivity index is 2.29. The van der Waals surface area contributed by atoms with Crippen LogP contribution in [0.15, 0.2) is 30.3 Å². The fraction of sp³-hybridized carbons (Fsp3) is 0.0625. The second-order valence-corrected chi connectivity index (χ2v) is 5.14. The van der Waals surface area contributed by atoms with Crippen LogP contribution in [0.5, 0.6) is 0 Å². The zero-order chi connectivity index (χ0) is 16.7. The Morgan fingerprint density at radius 3 is 2.61 bits per heavy atom. The fourth-order valence-corrected chi connectivity index (χ4v) is 2.74. The van der Waals surface area contributed by atoms with Crippen molar-refractivity contribution in [2.24, 2.45) is 5.73 Å². The van der Waals surface area contributed by atoms with Gasteiger partial charge in [-0.15, -0.1) is 0 Å². The van der Waals surface area contributed by atoms with Crippen LogP contribution in [0.1, 0.15) is 31.1 Å². The first-order valence-corrected chi connectivity index (χ1v) is 6.74. The van der Waals surface area contributed by atoms with Gasteiger partial charge in [0.1, 0.15) is 6.29 Å². The highest BCUT2D eigenvalue weighted by Crippen LogP contribution is 2.46. The maximum Gasteiger partial charge on any atom is 0.337 e. The summed E-state index contributed by atoms with van der Waals surface area (Å²) in [5.41, 5.74) is 7.86. The van der Waals surface area contributed by atoms with Gasteiger partial charge in [0.25, 0.3) is 5.91 Å². The number of nitrogens with zero attached hydrogens (tertiary/aromatic N) is 1. The second-order valence-electron chi connectivity index (χ2n) is 5.14. The van der Waals surface area contributed by atoms with E-state index in [0.717, 1.165) is 0 Å². The molecule has 2 aromatic rings. The molecule has 1 heterocycles. The van der Waals surface area contributed by atoms with Gasteiger partial charge in [-0.25, -0.2) is 4.79 Å². The topological polar surface area (TPSA) is 113 Å². The van der Waals surface area contributed by atoms with Crippen LogP contribution in [0.3, 0.4) is 0 Å². The summed E-state index contributed by atoms with van der Waals surface area (Å²) in [7, 11) is 1.69. The summed E-state index contributed by atoms with van der Waals surface area (Å²) in [5, 5.41) is 12.4. The van der Waals surface area contributed by atoms with Gasteiger partial charge in [0.2, 0.25) is 0 Å². The lowest BCUT2D eigenvalue weighted by atomic mass is 10.0. The standard InChI is InChI=1S/C16H13N3O4/c1-19-12-6-8(7-20)5-10(16(22)23)13(12)18-11-4-2-3-9(14(11)19)15(17)21/h2-7,18H,1H3,(H2,17,21)(H,22,23). The third kappa shape index (κ3) is 2.18. The van der Waals surface area contributed by atoms with Crippen molar-refractivity contribution >= 4 is 40.9 Å². The molecule has 116 valence electrons. The van der Waals surface area contributed by atoms with E-state index in [0.29, 0.717) is 34.6 Å².